The van der Waals surface area contributed by atoms with Gasteiger partial charge in [-0.2, -0.15) is 5.10 Å². The van der Waals surface area contributed by atoms with E-state index in [1.54, 1.807) is 11.3 Å². The molecule has 7 heteroatoms. The topological polar surface area (TPSA) is 59.4 Å². The Bertz CT molecular complexity index is 906. The first-order chi connectivity index (χ1) is 11.7. The SMILES string of the molecule is CN1C=NN(C)C1N=Nc1c(-c2ccccc2)[nH]c2ccccc12.[Cl-]. The molecule has 1 atom stereocenters. The fourth-order valence-electron chi connectivity index (χ4n) is 2.86. The van der Waals surface area contributed by atoms with Crippen molar-refractivity contribution in [2.24, 2.45) is 15.3 Å². The molecule has 0 bridgehead atoms. The van der Waals surface area contributed by atoms with Crippen LogP contribution in [0.15, 0.2) is 69.9 Å². The van der Waals surface area contributed by atoms with E-state index >= 15 is 0 Å². The molecule has 128 valence electrons. The number of hydrogen-bond acceptors (Lipinski definition) is 5. The van der Waals surface area contributed by atoms with Crippen LogP contribution in [-0.2, 0) is 0 Å². The van der Waals surface area contributed by atoms with E-state index in [4.69, 9.17) is 0 Å². The number of halogens is 1. The predicted octanol–water partition coefficient (Wildman–Crippen LogP) is 1.03. The van der Waals surface area contributed by atoms with Crippen molar-refractivity contribution in [3.63, 3.8) is 0 Å². The lowest BCUT2D eigenvalue weighted by Crippen LogP contribution is -3.00. The number of hydrazone groups is 1. The fourth-order valence-corrected chi connectivity index (χ4v) is 2.86. The first kappa shape index (κ1) is 17.0. The summed E-state index contributed by atoms with van der Waals surface area (Å²) in [5.74, 6) is 0. The summed E-state index contributed by atoms with van der Waals surface area (Å²) < 4.78 is 0. The van der Waals surface area contributed by atoms with Crippen LogP contribution in [0.25, 0.3) is 22.2 Å². The van der Waals surface area contributed by atoms with Gasteiger partial charge in [0.25, 0.3) is 0 Å². The largest absolute Gasteiger partial charge is 1.00 e. The van der Waals surface area contributed by atoms with Crippen molar-refractivity contribution < 1.29 is 12.4 Å². The summed E-state index contributed by atoms with van der Waals surface area (Å²) in [4.78, 5) is 5.38. The van der Waals surface area contributed by atoms with Crippen LogP contribution in [0.2, 0.25) is 0 Å². The van der Waals surface area contributed by atoms with Gasteiger partial charge in [-0.25, -0.2) is 0 Å². The standard InChI is InChI=1S/C18H18N6.ClH/c1-23-12-19-24(2)18(23)22-21-17-14-10-6-7-11-15(14)20-16(17)13-8-4-3-5-9-13;/h3-12,18,20H,1-2H3;1H/p-1. The maximum atomic E-state index is 4.58. The highest BCUT2D eigenvalue weighted by Crippen LogP contribution is 2.37. The minimum Gasteiger partial charge on any atom is -1.00 e. The molecule has 1 N–H and O–H groups in total. The van der Waals surface area contributed by atoms with Crippen LogP contribution in [0.3, 0.4) is 0 Å². The van der Waals surface area contributed by atoms with Gasteiger partial charge in [0.1, 0.15) is 12.0 Å². The predicted molar refractivity (Wildman–Crippen MR) is 96.1 cm³/mol. The van der Waals surface area contributed by atoms with Crippen molar-refractivity contribution in [3.8, 4) is 11.3 Å². The number of nitrogens with one attached hydrogen (secondary N) is 1. The fraction of sp³-hybridized carbons (Fsp3) is 0.167. The van der Waals surface area contributed by atoms with Crippen molar-refractivity contribution >= 4 is 22.9 Å². The molecule has 6 nitrogen and oxygen atoms in total. The number of rotatable bonds is 3. The number of hydrogen-bond donors (Lipinski definition) is 1. The van der Waals surface area contributed by atoms with Crippen molar-refractivity contribution in [1.82, 2.24) is 14.9 Å². The third-order valence-corrected chi connectivity index (χ3v) is 4.12. The smallest absolute Gasteiger partial charge is 0.233 e. The molecule has 1 aliphatic heterocycles. The Morgan fingerprint density at radius 3 is 2.44 bits per heavy atom. The Kier molecular flexibility index (Phi) is 4.72. The van der Waals surface area contributed by atoms with E-state index in [0.717, 1.165) is 27.8 Å². The third-order valence-electron chi connectivity index (χ3n) is 4.12. The van der Waals surface area contributed by atoms with Gasteiger partial charge in [-0.1, -0.05) is 48.5 Å². The minimum absolute atomic E-state index is 0. The van der Waals surface area contributed by atoms with Crippen LogP contribution in [-0.4, -0.2) is 41.6 Å². The quantitative estimate of drug-likeness (QED) is 0.715. The van der Waals surface area contributed by atoms with Crippen LogP contribution in [0.5, 0.6) is 0 Å². The lowest BCUT2D eigenvalue weighted by Gasteiger charge is -2.19. The zero-order valence-electron chi connectivity index (χ0n) is 14.0. The Morgan fingerprint density at radius 1 is 1.00 bits per heavy atom. The van der Waals surface area contributed by atoms with E-state index < -0.39 is 0 Å². The van der Waals surface area contributed by atoms with Gasteiger partial charge in [0.05, 0.1) is 5.69 Å². The summed E-state index contributed by atoms with van der Waals surface area (Å²) >= 11 is 0. The lowest BCUT2D eigenvalue weighted by molar-refractivity contribution is -0.00000493. The van der Waals surface area contributed by atoms with Crippen molar-refractivity contribution in [2.75, 3.05) is 14.1 Å². The summed E-state index contributed by atoms with van der Waals surface area (Å²) in [6.45, 7) is 0. The van der Waals surface area contributed by atoms with Gasteiger partial charge in [-0.15, -0.1) is 10.2 Å². The van der Waals surface area contributed by atoms with Crippen LogP contribution in [0.1, 0.15) is 0 Å². The lowest BCUT2D eigenvalue weighted by atomic mass is 10.1. The molecular formula is C18H18ClN6-. The van der Waals surface area contributed by atoms with Gasteiger partial charge in [0.15, 0.2) is 0 Å². The van der Waals surface area contributed by atoms with Gasteiger partial charge in [-0.3, -0.25) is 5.01 Å². The van der Waals surface area contributed by atoms with Gasteiger partial charge in [0, 0.05) is 30.6 Å². The molecule has 1 unspecified atom stereocenters. The number of aromatic nitrogens is 1. The minimum atomic E-state index is -0.220. The molecule has 4 rings (SSSR count). The molecule has 0 saturated carbocycles. The molecule has 2 heterocycles. The zero-order valence-corrected chi connectivity index (χ0v) is 14.7. The van der Waals surface area contributed by atoms with Gasteiger partial charge < -0.3 is 22.3 Å². The molecule has 3 aromatic rings. The highest BCUT2D eigenvalue weighted by atomic mass is 35.5. The zero-order chi connectivity index (χ0) is 16.5. The number of H-pyrrole nitrogens is 1. The second-order valence-corrected chi connectivity index (χ2v) is 5.79. The first-order valence-corrected chi connectivity index (χ1v) is 7.80. The van der Waals surface area contributed by atoms with E-state index in [9.17, 15) is 0 Å². The highest BCUT2D eigenvalue weighted by Gasteiger charge is 2.21. The van der Waals surface area contributed by atoms with Gasteiger partial charge >= 0.3 is 0 Å². The average molecular weight is 354 g/mol. The summed E-state index contributed by atoms with van der Waals surface area (Å²) in [6.07, 6.45) is 1.53. The maximum absolute atomic E-state index is 4.58. The van der Waals surface area contributed by atoms with Crippen molar-refractivity contribution in [1.29, 1.82) is 0 Å². The second-order valence-electron chi connectivity index (χ2n) is 5.79. The Hall–Kier alpha value is -2.86. The van der Waals surface area contributed by atoms with E-state index in [1.165, 1.54) is 0 Å². The molecule has 1 aromatic heterocycles. The molecule has 1 aliphatic rings. The Labute approximate surface area is 152 Å². The van der Waals surface area contributed by atoms with Crippen LogP contribution < -0.4 is 12.4 Å². The monoisotopic (exact) mass is 353 g/mol. The van der Waals surface area contributed by atoms with E-state index in [-0.39, 0.29) is 18.7 Å². The van der Waals surface area contributed by atoms with E-state index in [0.29, 0.717) is 0 Å². The molecule has 25 heavy (non-hydrogen) atoms. The number of aromatic amines is 1. The maximum Gasteiger partial charge on any atom is 0.233 e. The Balaban J connectivity index is 0.00000182. The molecule has 2 aromatic carbocycles. The molecular weight excluding hydrogens is 336 g/mol. The molecule has 0 amide bonds. The third kappa shape index (κ3) is 3.08. The molecule has 0 spiro atoms. The van der Waals surface area contributed by atoms with E-state index in [2.05, 4.69) is 44.6 Å². The number of benzene rings is 2. The van der Waals surface area contributed by atoms with Crippen LogP contribution >= 0.6 is 0 Å². The number of azo groups is 1. The van der Waals surface area contributed by atoms with Crippen molar-refractivity contribution in [3.05, 3.63) is 54.6 Å². The average Bonchev–Trinajstić information content (AvgIpc) is 3.14. The first-order valence-electron chi connectivity index (χ1n) is 7.80. The number of nitrogens with zero attached hydrogens (tertiary/aromatic N) is 5. The number of fused-ring (bicyclic) bond motifs is 1. The number of para-hydroxylation sites is 1. The van der Waals surface area contributed by atoms with E-state index in [1.807, 2.05) is 49.3 Å². The normalized spacial score (nSPS) is 16.8. The van der Waals surface area contributed by atoms with Crippen LogP contribution in [0, 0.1) is 0 Å². The summed E-state index contributed by atoms with van der Waals surface area (Å²) in [5.41, 5.74) is 3.97. The summed E-state index contributed by atoms with van der Waals surface area (Å²) in [5, 5.41) is 16.1. The summed E-state index contributed by atoms with van der Waals surface area (Å²) in [7, 11) is 3.82. The highest BCUT2D eigenvalue weighted by molar-refractivity contribution is 5.99. The molecule has 0 radical (unpaired) electrons. The Morgan fingerprint density at radius 2 is 1.72 bits per heavy atom. The molecule has 0 fully saturated rings. The molecule has 0 aliphatic carbocycles. The summed E-state index contributed by atoms with van der Waals surface area (Å²) in [6, 6.07) is 18.3. The second kappa shape index (κ2) is 6.94. The van der Waals surface area contributed by atoms with Crippen molar-refractivity contribution in [2.45, 2.75) is 6.29 Å². The van der Waals surface area contributed by atoms with Crippen LogP contribution in [0.4, 0.5) is 5.69 Å². The van der Waals surface area contributed by atoms with Gasteiger partial charge in [0.2, 0.25) is 6.29 Å². The molecule has 0 saturated heterocycles. The van der Waals surface area contributed by atoms with Gasteiger partial charge in [-0.05, 0) is 6.07 Å².